The minimum Gasteiger partial charge on any atom is -0.399 e. The molecule has 2 aliphatic heterocycles. The Hall–Kier alpha value is -4.75. The number of anilines is 2. The van der Waals surface area contributed by atoms with Gasteiger partial charge in [-0.1, -0.05) is 47.7 Å². The van der Waals surface area contributed by atoms with E-state index in [2.05, 4.69) is 10.3 Å². The minimum absolute atomic E-state index is 0.0668. The summed E-state index contributed by atoms with van der Waals surface area (Å²) < 4.78 is 14.2. The lowest BCUT2D eigenvalue weighted by Crippen LogP contribution is -2.65. The van der Waals surface area contributed by atoms with Crippen molar-refractivity contribution >= 4 is 50.2 Å². The number of nitrogens with one attached hydrogen (secondary N) is 1. The molecule has 11 nitrogen and oxygen atoms in total. The molecule has 4 aromatic rings. The van der Waals surface area contributed by atoms with E-state index in [0.29, 0.717) is 17.2 Å². The predicted molar refractivity (Wildman–Crippen MR) is 162 cm³/mol. The molecule has 2 saturated heterocycles. The van der Waals surface area contributed by atoms with Crippen molar-refractivity contribution in [3.8, 4) is 0 Å². The maximum Gasteiger partial charge on any atom is 0.332 e. The highest BCUT2D eigenvalue weighted by molar-refractivity contribution is 7.22. The Morgan fingerprint density at radius 3 is 2.53 bits per heavy atom. The van der Waals surface area contributed by atoms with E-state index >= 15 is 0 Å². The summed E-state index contributed by atoms with van der Waals surface area (Å²) >= 11 is 1.38. The molecule has 13 heteroatoms. The number of piperazine rings is 1. The van der Waals surface area contributed by atoms with Gasteiger partial charge in [-0.3, -0.25) is 14.6 Å². The normalized spacial score (nSPS) is 18.7. The number of halogens is 1. The fourth-order valence-corrected chi connectivity index (χ4v) is 6.48. The number of hydrogen-bond acceptors (Lipinski definition) is 8. The molecule has 222 valence electrons. The first-order valence-electron chi connectivity index (χ1n) is 13.8. The van der Waals surface area contributed by atoms with Crippen LogP contribution in [0.4, 0.5) is 20.0 Å². The van der Waals surface area contributed by atoms with E-state index in [9.17, 15) is 18.8 Å². The van der Waals surface area contributed by atoms with Crippen LogP contribution in [0.1, 0.15) is 16.7 Å². The number of nitrogens with two attached hydrogens (primary N) is 2. The van der Waals surface area contributed by atoms with Crippen molar-refractivity contribution in [2.24, 2.45) is 0 Å². The summed E-state index contributed by atoms with van der Waals surface area (Å²) in [7, 11) is 1.59. The fraction of sp³-hybridized carbons (Fsp3) is 0.267. The van der Waals surface area contributed by atoms with Gasteiger partial charge in [0.2, 0.25) is 11.8 Å². The number of carbonyl (C=O) groups excluding carboxylic acids is 3. The average Bonchev–Trinajstić information content (AvgIpc) is 3.54. The first-order valence-corrected chi connectivity index (χ1v) is 14.6. The van der Waals surface area contributed by atoms with E-state index in [0.717, 1.165) is 26.9 Å². The first-order chi connectivity index (χ1) is 20.7. The molecule has 1 aromatic heterocycles. The predicted octanol–water partition coefficient (Wildman–Crippen LogP) is 2.78. The van der Waals surface area contributed by atoms with Crippen LogP contribution in [0.25, 0.3) is 10.2 Å². The van der Waals surface area contributed by atoms with Crippen molar-refractivity contribution in [2.45, 2.75) is 31.7 Å². The molecular formula is C30H31FN8O3S. The van der Waals surface area contributed by atoms with Crippen LogP contribution in [0.2, 0.25) is 0 Å². The quantitative estimate of drug-likeness (QED) is 0.276. The number of thiazole rings is 1. The van der Waals surface area contributed by atoms with Crippen molar-refractivity contribution in [2.75, 3.05) is 31.6 Å². The summed E-state index contributed by atoms with van der Waals surface area (Å²) in [6, 6.07) is 17.6. The number of para-hydroxylation sites is 1. The van der Waals surface area contributed by atoms with Crippen molar-refractivity contribution < 1.29 is 18.8 Å². The first kappa shape index (κ1) is 28.4. The Bertz CT molecular complexity index is 1680. The Labute approximate surface area is 251 Å². The Morgan fingerprint density at radius 1 is 1.07 bits per heavy atom. The number of hydrogen-bond donors (Lipinski definition) is 3. The molecule has 0 unspecified atom stereocenters. The van der Waals surface area contributed by atoms with Gasteiger partial charge in [-0.15, -0.1) is 0 Å². The Morgan fingerprint density at radius 2 is 1.79 bits per heavy atom. The van der Waals surface area contributed by atoms with Crippen molar-refractivity contribution in [3.05, 3.63) is 89.2 Å². The van der Waals surface area contributed by atoms with Crippen LogP contribution in [0, 0.1) is 5.82 Å². The second-order valence-corrected chi connectivity index (χ2v) is 11.7. The van der Waals surface area contributed by atoms with Gasteiger partial charge < -0.3 is 26.6 Å². The monoisotopic (exact) mass is 602 g/mol. The van der Waals surface area contributed by atoms with E-state index in [-0.39, 0.29) is 43.8 Å². The van der Waals surface area contributed by atoms with Crippen LogP contribution in [0.15, 0.2) is 66.7 Å². The summed E-state index contributed by atoms with van der Waals surface area (Å²) in [4.78, 5) is 48.5. The van der Waals surface area contributed by atoms with Gasteiger partial charge in [0.05, 0.1) is 23.3 Å². The lowest BCUT2D eigenvalue weighted by Gasteiger charge is -2.45. The number of carbonyl (C=O) groups is 3. The topological polar surface area (TPSA) is 141 Å². The van der Waals surface area contributed by atoms with Crippen LogP contribution < -0.4 is 16.8 Å². The number of urea groups is 1. The molecule has 43 heavy (non-hydrogen) atoms. The largest absolute Gasteiger partial charge is 0.399 e. The van der Waals surface area contributed by atoms with Crippen LogP contribution in [0.3, 0.4) is 0 Å². The Balaban J connectivity index is 1.27. The smallest absolute Gasteiger partial charge is 0.332 e. The molecule has 6 rings (SSSR count). The van der Waals surface area contributed by atoms with Crippen LogP contribution in [-0.4, -0.2) is 75.0 Å². The molecule has 0 aliphatic carbocycles. The second kappa shape index (κ2) is 11.5. The Kier molecular flexibility index (Phi) is 7.59. The SMILES string of the molecule is CN(C(=O)NCc1ccc(F)cc1)N1CC(=O)N2[C@@H](Cc3ccc(N)cc3)C(=O)N(Cc3cccc4sc(N)nc34)C[C@@H]21. The molecule has 0 bridgehead atoms. The van der Waals surface area contributed by atoms with Gasteiger partial charge in [0.1, 0.15) is 18.0 Å². The lowest BCUT2D eigenvalue weighted by molar-refractivity contribution is -0.157. The third-order valence-corrected chi connectivity index (χ3v) is 8.74. The zero-order valence-corrected chi connectivity index (χ0v) is 24.3. The summed E-state index contributed by atoms with van der Waals surface area (Å²) in [6.45, 7) is 0.576. The minimum atomic E-state index is -0.782. The van der Waals surface area contributed by atoms with E-state index in [1.54, 1.807) is 46.1 Å². The number of aromatic nitrogens is 1. The number of nitrogens with zero attached hydrogens (tertiary/aromatic N) is 5. The van der Waals surface area contributed by atoms with Crippen LogP contribution in [-0.2, 0) is 29.1 Å². The van der Waals surface area contributed by atoms with Gasteiger partial charge in [0.25, 0.3) is 0 Å². The fourth-order valence-electron chi connectivity index (χ4n) is 5.69. The maximum atomic E-state index is 14.1. The molecule has 4 amide bonds. The molecule has 0 spiro atoms. The standard InChI is InChI=1S/C30H31FN8O3S/c1-36(30(42)34-14-19-5-9-21(31)10-6-19)38-17-26(40)39-23(13-18-7-11-22(32)12-8-18)28(41)37(16-25(38)39)15-20-3-2-4-24-27(20)35-29(33)43-24/h2-12,23,25H,13-17,32H2,1H3,(H2,33,35)(H,34,42)/t23-,25+/m0/s1. The van der Waals surface area contributed by atoms with Crippen molar-refractivity contribution in [3.63, 3.8) is 0 Å². The molecule has 0 saturated carbocycles. The average molecular weight is 603 g/mol. The summed E-state index contributed by atoms with van der Waals surface area (Å²) in [6.07, 6.45) is -0.287. The zero-order valence-electron chi connectivity index (χ0n) is 23.4. The summed E-state index contributed by atoms with van der Waals surface area (Å²) in [5.41, 5.74) is 15.6. The van der Waals surface area contributed by atoms with Gasteiger partial charge in [-0.05, 0) is 47.0 Å². The molecule has 3 heterocycles. The number of rotatable bonds is 7. The number of benzene rings is 3. The van der Waals surface area contributed by atoms with E-state index in [1.807, 2.05) is 30.3 Å². The second-order valence-electron chi connectivity index (χ2n) is 10.7. The van der Waals surface area contributed by atoms with Crippen LogP contribution >= 0.6 is 11.3 Å². The molecule has 3 aromatic carbocycles. The van der Waals surface area contributed by atoms with E-state index in [1.165, 1.54) is 28.5 Å². The number of fused-ring (bicyclic) bond motifs is 2. The van der Waals surface area contributed by atoms with E-state index in [4.69, 9.17) is 11.5 Å². The zero-order chi connectivity index (χ0) is 30.2. The molecule has 5 N–H and O–H groups in total. The lowest BCUT2D eigenvalue weighted by atomic mass is 9.99. The molecule has 2 atom stereocenters. The third-order valence-electron chi connectivity index (χ3n) is 7.89. The molecular weight excluding hydrogens is 571 g/mol. The van der Waals surface area contributed by atoms with Gasteiger partial charge in [-0.25, -0.2) is 14.2 Å². The number of nitrogen functional groups attached to an aromatic ring is 2. The van der Waals surface area contributed by atoms with Crippen molar-refractivity contribution in [1.29, 1.82) is 0 Å². The van der Waals surface area contributed by atoms with E-state index < -0.39 is 18.2 Å². The van der Waals surface area contributed by atoms with Gasteiger partial charge in [0, 0.05) is 32.2 Å². The number of amides is 4. The van der Waals surface area contributed by atoms with Gasteiger partial charge in [0.15, 0.2) is 5.13 Å². The summed E-state index contributed by atoms with van der Waals surface area (Å²) in [5, 5.41) is 6.33. The maximum absolute atomic E-state index is 14.1. The molecule has 0 radical (unpaired) electrons. The molecule has 2 fully saturated rings. The summed E-state index contributed by atoms with van der Waals surface area (Å²) in [5.74, 6) is -0.792. The highest BCUT2D eigenvalue weighted by Gasteiger charge is 2.51. The highest BCUT2D eigenvalue weighted by atomic mass is 32.1. The highest BCUT2D eigenvalue weighted by Crippen LogP contribution is 2.32. The molecule has 2 aliphatic rings. The van der Waals surface area contributed by atoms with Crippen molar-refractivity contribution in [1.82, 2.24) is 30.1 Å². The van der Waals surface area contributed by atoms with Crippen LogP contribution in [0.5, 0.6) is 0 Å². The van der Waals surface area contributed by atoms with Gasteiger partial charge >= 0.3 is 6.03 Å². The van der Waals surface area contributed by atoms with Gasteiger partial charge in [-0.2, -0.15) is 5.01 Å². The number of hydrazine groups is 1. The third kappa shape index (κ3) is 5.68.